The summed E-state index contributed by atoms with van der Waals surface area (Å²) in [7, 11) is 0. The third-order valence-electron chi connectivity index (χ3n) is 6.18. The second-order valence-electron chi connectivity index (χ2n) is 8.20. The van der Waals surface area contributed by atoms with Crippen molar-refractivity contribution < 1.29 is 19.1 Å². The quantitative estimate of drug-likeness (QED) is 0.513. The number of cyclic esters (lactones) is 1. The molecule has 2 aliphatic rings. The first kappa shape index (κ1) is 21.2. The van der Waals surface area contributed by atoms with E-state index < -0.39 is 11.4 Å². The minimum atomic E-state index is -1.50. The zero-order valence-corrected chi connectivity index (χ0v) is 18.6. The summed E-state index contributed by atoms with van der Waals surface area (Å²) in [6, 6.07) is 23.7. The van der Waals surface area contributed by atoms with Gasteiger partial charge in [0.2, 0.25) is 5.91 Å². The van der Waals surface area contributed by atoms with Crippen LogP contribution in [0.4, 0.5) is 5.69 Å². The predicted molar refractivity (Wildman–Crippen MR) is 126 cm³/mol. The van der Waals surface area contributed by atoms with Gasteiger partial charge in [-0.05, 0) is 24.1 Å². The van der Waals surface area contributed by atoms with E-state index in [0.29, 0.717) is 21.8 Å². The molecule has 5 rings (SSSR count). The van der Waals surface area contributed by atoms with Crippen molar-refractivity contribution in [1.29, 1.82) is 0 Å². The van der Waals surface area contributed by atoms with Gasteiger partial charge in [0.25, 0.3) is 0 Å². The van der Waals surface area contributed by atoms with Crippen molar-refractivity contribution in [2.75, 3.05) is 4.90 Å². The average Bonchev–Trinajstić information content (AvgIpc) is 3.03. The van der Waals surface area contributed by atoms with E-state index >= 15 is 0 Å². The summed E-state index contributed by atoms with van der Waals surface area (Å²) in [6.07, 6.45) is -0.268. The molecule has 0 aliphatic carbocycles. The molecular formula is C27H20ClNO4. The fraction of sp³-hybridized carbons (Fsp3) is 0.148. The Labute approximate surface area is 196 Å². The molecule has 2 aliphatic heterocycles. The first-order valence-corrected chi connectivity index (χ1v) is 11.0. The minimum Gasteiger partial charge on any atom is -0.425 e. The Morgan fingerprint density at radius 3 is 2.30 bits per heavy atom. The van der Waals surface area contributed by atoms with Gasteiger partial charge < -0.3 is 9.64 Å². The van der Waals surface area contributed by atoms with Crippen LogP contribution in [-0.4, -0.2) is 17.7 Å². The Morgan fingerprint density at radius 1 is 0.970 bits per heavy atom. The number of ketones is 1. The van der Waals surface area contributed by atoms with Crippen LogP contribution in [0.15, 0.2) is 84.4 Å². The molecule has 3 aromatic rings. The summed E-state index contributed by atoms with van der Waals surface area (Å²) >= 11 is 6.60. The zero-order chi connectivity index (χ0) is 23.2. The van der Waals surface area contributed by atoms with Crippen LogP contribution in [0.25, 0.3) is 5.76 Å². The number of esters is 1. The smallest absolute Gasteiger partial charge is 0.313 e. The van der Waals surface area contributed by atoms with Crippen LogP contribution >= 0.6 is 11.6 Å². The number of benzene rings is 3. The van der Waals surface area contributed by atoms with Crippen LogP contribution in [0.5, 0.6) is 0 Å². The van der Waals surface area contributed by atoms with E-state index in [0.717, 1.165) is 5.56 Å². The second-order valence-corrected chi connectivity index (χ2v) is 8.60. The molecular weight excluding hydrogens is 438 g/mol. The fourth-order valence-corrected chi connectivity index (χ4v) is 5.14. The van der Waals surface area contributed by atoms with Crippen molar-refractivity contribution >= 4 is 40.7 Å². The summed E-state index contributed by atoms with van der Waals surface area (Å²) in [5.74, 6) is -1.13. The number of hydrogen-bond acceptors (Lipinski definition) is 4. The SMILES string of the molecule is CC(=O)C1=C(c2ccccc2)OC(=O)CC12C(=O)N(Cc1ccccc1)c1c(Cl)cccc12. The molecule has 3 aromatic carbocycles. The predicted octanol–water partition coefficient (Wildman–Crippen LogP) is 5.07. The normalized spacial score (nSPS) is 19.6. The number of carbonyl (C=O) groups is 3. The number of halogens is 1. The van der Waals surface area contributed by atoms with Crippen molar-refractivity contribution in [2.24, 2.45) is 0 Å². The van der Waals surface area contributed by atoms with Crippen LogP contribution in [-0.2, 0) is 31.1 Å². The Balaban J connectivity index is 1.79. The molecule has 0 fully saturated rings. The van der Waals surface area contributed by atoms with E-state index in [4.69, 9.17) is 16.3 Å². The maximum absolute atomic E-state index is 14.2. The van der Waals surface area contributed by atoms with Gasteiger partial charge >= 0.3 is 5.97 Å². The molecule has 2 heterocycles. The summed E-state index contributed by atoms with van der Waals surface area (Å²) in [5.41, 5.74) is 1.22. The standard InChI is InChI=1S/C27H20ClNO4/c1-17(30)23-25(19-11-6-3-7-12-19)33-22(31)15-27(23)20-13-8-14-21(28)24(20)29(26(27)32)16-18-9-4-2-5-10-18/h2-14H,15-16H2,1H3. The Morgan fingerprint density at radius 2 is 1.64 bits per heavy atom. The number of rotatable bonds is 4. The van der Waals surface area contributed by atoms with Crippen molar-refractivity contribution in [3.63, 3.8) is 0 Å². The number of para-hydroxylation sites is 1. The van der Waals surface area contributed by atoms with Crippen LogP contribution in [0.1, 0.15) is 30.0 Å². The molecule has 1 amide bonds. The molecule has 6 heteroatoms. The van der Waals surface area contributed by atoms with Crippen LogP contribution in [0.3, 0.4) is 0 Å². The molecule has 33 heavy (non-hydrogen) atoms. The monoisotopic (exact) mass is 457 g/mol. The molecule has 1 unspecified atom stereocenters. The number of nitrogens with zero attached hydrogens (tertiary/aromatic N) is 1. The molecule has 0 radical (unpaired) electrons. The maximum Gasteiger partial charge on any atom is 0.313 e. The average molecular weight is 458 g/mol. The van der Waals surface area contributed by atoms with E-state index in [-0.39, 0.29) is 36.0 Å². The molecule has 164 valence electrons. The third-order valence-corrected chi connectivity index (χ3v) is 6.48. The third kappa shape index (κ3) is 3.28. The van der Waals surface area contributed by atoms with Crippen LogP contribution in [0, 0.1) is 0 Å². The van der Waals surface area contributed by atoms with Crippen molar-refractivity contribution in [2.45, 2.75) is 25.3 Å². The number of amides is 1. The highest BCUT2D eigenvalue weighted by atomic mass is 35.5. The lowest BCUT2D eigenvalue weighted by molar-refractivity contribution is -0.142. The summed E-state index contributed by atoms with van der Waals surface area (Å²) in [5, 5.41) is 0.386. The van der Waals surface area contributed by atoms with E-state index in [1.54, 1.807) is 47.4 Å². The Hall–Kier alpha value is -3.70. The van der Waals surface area contributed by atoms with Crippen molar-refractivity contribution in [1.82, 2.24) is 0 Å². The van der Waals surface area contributed by atoms with Gasteiger partial charge in [0.15, 0.2) is 5.78 Å². The molecule has 0 bridgehead atoms. The first-order valence-electron chi connectivity index (χ1n) is 10.6. The van der Waals surface area contributed by atoms with Gasteiger partial charge in [0, 0.05) is 5.56 Å². The van der Waals surface area contributed by atoms with E-state index in [2.05, 4.69) is 0 Å². The van der Waals surface area contributed by atoms with Gasteiger partial charge in [-0.25, -0.2) is 0 Å². The second kappa shape index (κ2) is 8.01. The van der Waals surface area contributed by atoms with E-state index in [1.807, 2.05) is 36.4 Å². The van der Waals surface area contributed by atoms with Gasteiger partial charge in [-0.15, -0.1) is 0 Å². The molecule has 0 saturated heterocycles. The van der Waals surface area contributed by atoms with E-state index in [9.17, 15) is 14.4 Å². The van der Waals surface area contributed by atoms with Gasteiger partial charge in [0.05, 0.1) is 29.2 Å². The number of anilines is 1. The Kier molecular flexibility index (Phi) is 5.14. The summed E-state index contributed by atoms with van der Waals surface area (Å²) in [6.45, 7) is 1.66. The molecule has 0 saturated carbocycles. The number of hydrogen-bond donors (Lipinski definition) is 0. The molecule has 5 nitrogen and oxygen atoms in total. The Bertz CT molecular complexity index is 1320. The van der Waals surface area contributed by atoms with Gasteiger partial charge in [-0.3, -0.25) is 14.4 Å². The topological polar surface area (TPSA) is 63.7 Å². The number of carbonyl (C=O) groups excluding carboxylic acids is 3. The lowest BCUT2D eigenvalue weighted by Gasteiger charge is -2.34. The fourth-order valence-electron chi connectivity index (χ4n) is 4.86. The van der Waals surface area contributed by atoms with Gasteiger partial charge in [0.1, 0.15) is 11.2 Å². The van der Waals surface area contributed by atoms with Crippen LogP contribution in [0.2, 0.25) is 5.02 Å². The lowest BCUT2D eigenvalue weighted by Crippen LogP contribution is -2.47. The first-order chi connectivity index (χ1) is 15.9. The maximum atomic E-state index is 14.2. The zero-order valence-electron chi connectivity index (χ0n) is 17.9. The van der Waals surface area contributed by atoms with Crippen LogP contribution < -0.4 is 4.90 Å². The highest BCUT2D eigenvalue weighted by Crippen LogP contribution is 2.55. The van der Waals surface area contributed by atoms with Gasteiger partial charge in [-0.1, -0.05) is 84.4 Å². The highest BCUT2D eigenvalue weighted by Gasteiger charge is 2.59. The van der Waals surface area contributed by atoms with Gasteiger partial charge in [-0.2, -0.15) is 0 Å². The van der Waals surface area contributed by atoms with Crippen molar-refractivity contribution in [3.05, 3.63) is 106 Å². The number of fused-ring (bicyclic) bond motifs is 2. The highest BCUT2D eigenvalue weighted by molar-refractivity contribution is 6.35. The van der Waals surface area contributed by atoms with E-state index in [1.165, 1.54) is 6.92 Å². The number of ether oxygens (including phenoxy) is 1. The molecule has 0 aromatic heterocycles. The molecule has 0 N–H and O–H groups in total. The van der Waals surface area contributed by atoms with Crippen molar-refractivity contribution in [3.8, 4) is 0 Å². The molecule has 1 atom stereocenters. The minimum absolute atomic E-state index is 0.125. The molecule has 1 spiro atoms. The largest absolute Gasteiger partial charge is 0.425 e. The lowest BCUT2D eigenvalue weighted by atomic mass is 9.69. The summed E-state index contributed by atoms with van der Waals surface area (Å²) < 4.78 is 5.60. The summed E-state index contributed by atoms with van der Waals surface area (Å²) in [4.78, 5) is 41.8. The number of Topliss-reactive ketones (excluding diaryl/α,β-unsaturated/α-hetero) is 1.